The lowest BCUT2D eigenvalue weighted by molar-refractivity contribution is 1.65. The van der Waals surface area contributed by atoms with Gasteiger partial charge in [0.1, 0.15) is 0 Å². The molecule has 0 bridgehead atoms. The van der Waals surface area contributed by atoms with Gasteiger partial charge in [-0.3, -0.25) is 0 Å². The van der Waals surface area contributed by atoms with E-state index >= 15 is 0 Å². The first-order valence-corrected chi connectivity index (χ1v) is 5.91. The Balaban J connectivity index is 0.000000151. The third-order valence-electron chi connectivity index (χ3n) is 1.59. The molecule has 0 aliphatic rings. The minimum atomic E-state index is 0.741. The molecule has 0 aliphatic heterocycles. The number of hydrogen-bond acceptors (Lipinski definition) is 2. The summed E-state index contributed by atoms with van der Waals surface area (Å²) in [5.74, 6) is 0. The van der Waals surface area contributed by atoms with Crippen LogP contribution in [0.2, 0.25) is 0 Å². The van der Waals surface area contributed by atoms with Crippen molar-refractivity contribution in [2.24, 2.45) is 0 Å². The lowest BCUT2D eigenvalue weighted by Crippen LogP contribution is -1.51. The van der Waals surface area contributed by atoms with Gasteiger partial charge in [0.25, 0.3) is 0 Å². The standard InChI is InChI=1S/C6H5NS.C5H3NS/c1-5-6(7-2)3-4-8-5;1-6-5-2-3-7-4-5/h3-4H,1H3;2-4H. The second kappa shape index (κ2) is 5.98. The van der Waals surface area contributed by atoms with Crippen molar-refractivity contribution in [2.75, 3.05) is 0 Å². The number of aryl methyl sites for hydroxylation is 1. The zero-order valence-electron chi connectivity index (χ0n) is 8.10. The topological polar surface area (TPSA) is 8.72 Å². The quantitative estimate of drug-likeness (QED) is 0.571. The van der Waals surface area contributed by atoms with Crippen LogP contribution in [-0.2, 0) is 0 Å². The molecule has 0 unspecified atom stereocenters. The fourth-order valence-corrected chi connectivity index (χ4v) is 2.02. The van der Waals surface area contributed by atoms with Gasteiger partial charge in [0.05, 0.1) is 13.1 Å². The second-order valence-electron chi connectivity index (χ2n) is 2.57. The van der Waals surface area contributed by atoms with E-state index in [-0.39, 0.29) is 0 Å². The molecule has 2 aromatic rings. The summed E-state index contributed by atoms with van der Waals surface area (Å²) < 4.78 is 0. The fourth-order valence-electron chi connectivity index (χ4n) is 0.815. The van der Waals surface area contributed by atoms with Crippen LogP contribution in [0.5, 0.6) is 0 Å². The van der Waals surface area contributed by atoms with Gasteiger partial charge in [0.15, 0.2) is 5.69 Å². The molecule has 0 saturated heterocycles. The van der Waals surface area contributed by atoms with Crippen LogP contribution in [-0.4, -0.2) is 0 Å². The Labute approximate surface area is 97.1 Å². The van der Waals surface area contributed by atoms with E-state index in [0.29, 0.717) is 0 Å². The molecule has 0 aliphatic carbocycles. The van der Waals surface area contributed by atoms with E-state index in [9.17, 15) is 0 Å². The summed E-state index contributed by atoms with van der Waals surface area (Å²) >= 11 is 3.17. The van der Waals surface area contributed by atoms with Crippen LogP contribution in [0.4, 0.5) is 11.4 Å². The monoisotopic (exact) mass is 232 g/mol. The van der Waals surface area contributed by atoms with Gasteiger partial charge in [-0.2, -0.15) is 22.7 Å². The number of hydrogen-bond donors (Lipinski definition) is 0. The second-order valence-corrected chi connectivity index (χ2v) is 4.47. The molecule has 0 radical (unpaired) electrons. The molecule has 4 heteroatoms. The summed E-state index contributed by atoms with van der Waals surface area (Å²) in [7, 11) is 0. The predicted molar refractivity (Wildman–Crippen MR) is 65.9 cm³/mol. The molecule has 2 aromatic heterocycles. The Kier molecular flexibility index (Phi) is 4.56. The number of nitrogens with zero attached hydrogens (tertiary/aromatic N) is 2. The zero-order valence-corrected chi connectivity index (χ0v) is 9.73. The van der Waals surface area contributed by atoms with E-state index in [1.54, 1.807) is 28.7 Å². The average Bonchev–Trinajstić information content (AvgIpc) is 2.88. The summed E-state index contributed by atoms with van der Waals surface area (Å²) in [6.07, 6.45) is 0. The van der Waals surface area contributed by atoms with Crippen LogP contribution in [0.3, 0.4) is 0 Å². The molecule has 2 nitrogen and oxygen atoms in total. The Bertz CT molecular complexity index is 483. The molecule has 0 saturated carbocycles. The van der Waals surface area contributed by atoms with E-state index in [1.165, 1.54) is 0 Å². The Morgan fingerprint density at radius 2 is 1.93 bits per heavy atom. The van der Waals surface area contributed by atoms with Gasteiger partial charge in [-0.25, -0.2) is 9.69 Å². The first kappa shape index (κ1) is 11.5. The van der Waals surface area contributed by atoms with Gasteiger partial charge in [-0.15, -0.1) is 0 Å². The zero-order chi connectivity index (χ0) is 11.1. The van der Waals surface area contributed by atoms with Crippen molar-refractivity contribution in [3.63, 3.8) is 0 Å². The van der Waals surface area contributed by atoms with Crippen molar-refractivity contribution >= 4 is 34.0 Å². The summed E-state index contributed by atoms with van der Waals surface area (Å²) in [6.45, 7) is 15.1. The van der Waals surface area contributed by atoms with Gasteiger partial charge in [0.2, 0.25) is 5.69 Å². The minimum Gasteiger partial charge on any atom is -0.237 e. The van der Waals surface area contributed by atoms with E-state index < -0.39 is 0 Å². The summed E-state index contributed by atoms with van der Waals surface area (Å²) in [6, 6.07) is 3.64. The molecular formula is C11H8N2S2. The van der Waals surface area contributed by atoms with Crippen molar-refractivity contribution in [3.8, 4) is 0 Å². The maximum atomic E-state index is 6.63. The SMILES string of the molecule is [C-]#[N+]c1ccsc1.[C-]#[N+]c1ccsc1C. The summed E-state index contributed by atoms with van der Waals surface area (Å²) in [4.78, 5) is 7.59. The van der Waals surface area contributed by atoms with Gasteiger partial charge >= 0.3 is 0 Å². The van der Waals surface area contributed by atoms with Crippen LogP contribution in [0, 0.1) is 20.1 Å². The Hall–Kier alpha value is -1.62. The molecular weight excluding hydrogens is 224 g/mol. The maximum absolute atomic E-state index is 6.63. The molecule has 0 atom stereocenters. The highest BCUT2D eigenvalue weighted by Crippen LogP contribution is 2.22. The van der Waals surface area contributed by atoms with E-state index in [4.69, 9.17) is 13.1 Å². The van der Waals surface area contributed by atoms with Gasteiger partial charge < -0.3 is 0 Å². The highest BCUT2D eigenvalue weighted by molar-refractivity contribution is 7.10. The van der Waals surface area contributed by atoms with Crippen LogP contribution >= 0.6 is 22.7 Å². The normalized spacial score (nSPS) is 8.20. The Morgan fingerprint density at radius 3 is 2.20 bits per heavy atom. The lowest BCUT2D eigenvalue weighted by atomic mass is 10.4. The van der Waals surface area contributed by atoms with Crippen molar-refractivity contribution in [3.05, 3.63) is 56.0 Å². The fraction of sp³-hybridized carbons (Fsp3) is 0.0909. The molecule has 74 valence electrons. The summed E-state index contributed by atoms with van der Waals surface area (Å²) in [5.41, 5.74) is 1.53. The number of thiophene rings is 2. The van der Waals surface area contributed by atoms with Crippen molar-refractivity contribution in [2.45, 2.75) is 6.92 Å². The van der Waals surface area contributed by atoms with E-state index in [2.05, 4.69) is 9.69 Å². The maximum Gasteiger partial charge on any atom is 0.200 e. The molecule has 2 heterocycles. The van der Waals surface area contributed by atoms with Crippen LogP contribution in [0.25, 0.3) is 9.69 Å². The minimum absolute atomic E-state index is 0.741. The first-order valence-electron chi connectivity index (χ1n) is 4.09. The highest BCUT2D eigenvalue weighted by atomic mass is 32.1. The third kappa shape index (κ3) is 3.55. The third-order valence-corrected chi connectivity index (χ3v) is 3.09. The number of rotatable bonds is 0. The average molecular weight is 232 g/mol. The highest BCUT2D eigenvalue weighted by Gasteiger charge is 1.93. The van der Waals surface area contributed by atoms with Crippen LogP contribution in [0.1, 0.15) is 4.88 Å². The van der Waals surface area contributed by atoms with Crippen LogP contribution < -0.4 is 0 Å². The molecule has 0 spiro atoms. The van der Waals surface area contributed by atoms with Gasteiger partial charge in [-0.05, 0) is 35.2 Å². The molecule has 0 aromatic carbocycles. The van der Waals surface area contributed by atoms with E-state index in [0.717, 1.165) is 16.3 Å². The lowest BCUT2D eigenvalue weighted by Gasteiger charge is -1.77. The van der Waals surface area contributed by atoms with Crippen molar-refractivity contribution < 1.29 is 0 Å². The predicted octanol–water partition coefficient (Wildman–Crippen LogP) is 4.91. The van der Waals surface area contributed by atoms with Gasteiger partial charge in [-0.1, -0.05) is 0 Å². The molecule has 15 heavy (non-hydrogen) atoms. The van der Waals surface area contributed by atoms with Crippen LogP contribution in [0.15, 0.2) is 28.3 Å². The first-order chi connectivity index (χ1) is 7.27. The van der Waals surface area contributed by atoms with Crippen molar-refractivity contribution in [1.29, 1.82) is 0 Å². The van der Waals surface area contributed by atoms with Gasteiger partial charge in [0, 0.05) is 4.88 Å². The molecule has 2 rings (SSSR count). The smallest absolute Gasteiger partial charge is 0.200 e. The molecule has 0 fully saturated rings. The van der Waals surface area contributed by atoms with Crippen molar-refractivity contribution in [1.82, 2.24) is 0 Å². The summed E-state index contributed by atoms with van der Waals surface area (Å²) in [5, 5.41) is 5.66. The largest absolute Gasteiger partial charge is 0.237 e. The molecule has 0 N–H and O–H groups in total. The molecule has 0 amide bonds. The Morgan fingerprint density at radius 1 is 1.13 bits per heavy atom. The van der Waals surface area contributed by atoms with E-state index in [1.807, 2.05) is 29.1 Å².